The van der Waals surface area contributed by atoms with E-state index in [1.165, 1.54) is 12.8 Å². The summed E-state index contributed by atoms with van der Waals surface area (Å²) < 4.78 is 0. The average molecular weight is 396 g/mol. The number of amides is 1. The summed E-state index contributed by atoms with van der Waals surface area (Å²) in [6.07, 6.45) is 2.45. The first kappa shape index (κ1) is 19.5. The molecule has 0 aromatic heterocycles. The summed E-state index contributed by atoms with van der Waals surface area (Å²) in [5.74, 6) is 1.34. The molecule has 6 heteroatoms. The number of nitrogens with zero attached hydrogens (tertiary/aromatic N) is 2. The first-order valence-electron chi connectivity index (χ1n) is 7.14. The molecule has 1 amide bonds. The van der Waals surface area contributed by atoms with E-state index in [1.54, 1.807) is 0 Å². The molecule has 0 bridgehead atoms. The number of hydrogen-bond donors (Lipinski definition) is 2. The molecule has 1 heterocycles. The van der Waals surface area contributed by atoms with Crippen LogP contribution >= 0.6 is 24.0 Å². The van der Waals surface area contributed by atoms with Crippen LogP contribution in [0.25, 0.3) is 0 Å². The lowest BCUT2D eigenvalue weighted by molar-refractivity contribution is -0.128. The van der Waals surface area contributed by atoms with Gasteiger partial charge in [-0.25, -0.2) is 0 Å². The van der Waals surface area contributed by atoms with E-state index < -0.39 is 0 Å². The van der Waals surface area contributed by atoms with Crippen LogP contribution in [-0.4, -0.2) is 42.9 Å². The lowest BCUT2D eigenvalue weighted by atomic mass is 9.96. The molecule has 118 valence electrons. The second-order valence-corrected chi connectivity index (χ2v) is 6.44. The van der Waals surface area contributed by atoms with Gasteiger partial charge in [0.05, 0.1) is 6.54 Å². The fraction of sp³-hybridized carbons (Fsp3) is 0.857. The number of nitrogens with two attached hydrogens (primary N) is 1. The molecule has 0 saturated carbocycles. The van der Waals surface area contributed by atoms with Crippen molar-refractivity contribution in [1.82, 2.24) is 10.2 Å². The van der Waals surface area contributed by atoms with Crippen molar-refractivity contribution in [3.05, 3.63) is 0 Å². The van der Waals surface area contributed by atoms with Gasteiger partial charge >= 0.3 is 0 Å². The minimum Gasteiger partial charge on any atom is -0.370 e. The molecule has 1 atom stereocenters. The lowest BCUT2D eigenvalue weighted by Gasteiger charge is -2.31. The number of likely N-dealkylation sites (tertiary alicyclic amines) is 1. The molecule has 1 saturated heterocycles. The van der Waals surface area contributed by atoms with Crippen LogP contribution in [0.4, 0.5) is 0 Å². The van der Waals surface area contributed by atoms with E-state index in [-0.39, 0.29) is 35.3 Å². The van der Waals surface area contributed by atoms with E-state index in [0.29, 0.717) is 25.0 Å². The first-order valence-corrected chi connectivity index (χ1v) is 7.14. The summed E-state index contributed by atoms with van der Waals surface area (Å²) in [6.45, 7) is 11.0. The third-order valence-corrected chi connectivity index (χ3v) is 3.33. The molecule has 1 aliphatic rings. The Bertz CT molecular complexity index is 339. The Morgan fingerprint density at radius 3 is 2.65 bits per heavy atom. The van der Waals surface area contributed by atoms with Crippen molar-refractivity contribution in [3.63, 3.8) is 0 Å². The molecule has 0 aromatic carbocycles. The van der Waals surface area contributed by atoms with E-state index in [1.807, 2.05) is 20.8 Å². The van der Waals surface area contributed by atoms with Crippen molar-refractivity contribution in [2.45, 2.75) is 40.5 Å². The minimum atomic E-state index is -0.350. The van der Waals surface area contributed by atoms with E-state index in [9.17, 15) is 4.79 Å². The predicted octanol–water partition coefficient (Wildman–Crippen LogP) is 1.81. The van der Waals surface area contributed by atoms with Gasteiger partial charge in [0.15, 0.2) is 5.96 Å². The Hall–Kier alpha value is -0.530. The van der Waals surface area contributed by atoms with Gasteiger partial charge < -0.3 is 16.0 Å². The van der Waals surface area contributed by atoms with Gasteiger partial charge in [0.25, 0.3) is 0 Å². The molecule has 20 heavy (non-hydrogen) atoms. The Balaban J connectivity index is 0.00000361. The number of rotatable bonds is 3. The normalized spacial score (nSPS) is 20.3. The van der Waals surface area contributed by atoms with Crippen molar-refractivity contribution >= 4 is 35.8 Å². The third-order valence-electron chi connectivity index (χ3n) is 3.33. The number of carbonyl (C=O) groups excluding carboxylic acids is 1. The van der Waals surface area contributed by atoms with Gasteiger partial charge in [0, 0.05) is 25.0 Å². The third kappa shape index (κ3) is 6.76. The molecule has 5 nitrogen and oxygen atoms in total. The number of carbonyl (C=O) groups is 1. The van der Waals surface area contributed by atoms with Gasteiger partial charge in [0.2, 0.25) is 5.91 Å². The van der Waals surface area contributed by atoms with Crippen LogP contribution in [0.2, 0.25) is 0 Å². The highest BCUT2D eigenvalue weighted by Gasteiger charge is 2.20. The van der Waals surface area contributed by atoms with Gasteiger partial charge in [-0.05, 0) is 18.8 Å². The molecule has 1 aliphatic heterocycles. The second kappa shape index (κ2) is 8.69. The maximum Gasteiger partial charge on any atom is 0.225 e. The van der Waals surface area contributed by atoms with Crippen molar-refractivity contribution in [2.24, 2.45) is 22.1 Å². The fourth-order valence-corrected chi connectivity index (χ4v) is 2.10. The SMILES string of the molecule is CC1CCCN(C(N)=NCCNC(=O)C(C)(C)C)C1.I. The van der Waals surface area contributed by atoms with E-state index in [2.05, 4.69) is 22.1 Å². The Morgan fingerprint density at radius 2 is 2.10 bits per heavy atom. The van der Waals surface area contributed by atoms with Gasteiger partial charge in [-0.3, -0.25) is 9.79 Å². The average Bonchev–Trinajstić information content (AvgIpc) is 2.32. The van der Waals surface area contributed by atoms with Gasteiger partial charge in [-0.1, -0.05) is 27.7 Å². The minimum absolute atomic E-state index is 0. The van der Waals surface area contributed by atoms with Crippen LogP contribution in [-0.2, 0) is 4.79 Å². The number of piperidine rings is 1. The molecular weight excluding hydrogens is 367 g/mol. The fourth-order valence-electron chi connectivity index (χ4n) is 2.10. The number of halogens is 1. The van der Waals surface area contributed by atoms with Crippen LogP contribution < -0.4 is 11.1 Å². The van der Waals surface area contributed by atoms with Crippen LogP contribution in [0.1, 0.15) is 40.5 Å². The number of aliphatic imine (C=N–C) groups is 1. The lowest BCUT2D eigenvalue weighted by Crippen LogP contribution is -2.44. The van der Waals surface area contributed by atoms with Crippen molar-refractivity contribution in [2.75, 3.05) is 26.2 Å². The zero-order chi connectivity index (χ0) is 14.5. The van der Waals surface area contributed by atoms with E-state index in [0.717, 1.165) is 13.1 Å². The standard InChI is InChI=1S/C14H28N4O.HI/c1-11-6-5-9-18(10-11)13(15)17-8-7-16-12(19)14(2,3)4;/h11H,5-10H2,1-4H3,(H2,15,17)(H,16,19);1H. The van der Waals surface area contributed by atoms with E-state index in [4.69, 9.17) is 5.73 Å². The quantitative estimate of drug-likeness (QED) is 0.331. The molecule has 0 aliphatic carbocycles. The monoisotopic (exact) mass is 396 g/mol. The predicted molar refractivity (Wildman–Crippen MR) is 94.3 cm³/mol. The molecule has 1 rings (SSSR count). The largest absolute Gasteiger partial charge is 0.370 e. The smallest absolute Gasteiger partial charge is 0.225 e. The molecule has 3 N–H and O–H groups in total. The van der Waals surface area contributed by atoms with Gasteiger partial charge in [-0.15, -0.1) is 24.0 Å². The van der Waals surface area contributed by atoms with Gasteiger partial charge in [-0.2, -0.15) is 0 Å². The number of guanidine groups is 1. The topological polar surface area (TPSA) is 70.7 Å². The first-order chi connectivity index (χ1) is 8.80. The molecule has 1 unspecified atom stereocenters. The Morgan fingerprint density at radius 1 is 1.45 bits per heavy atom. The molecule has 0 spiro atoms. The summed E-state index contributed by atoms with van der Waals surface area (Å²) >= 11 is 0. The summed E-state index contributed by atoms with van der Waals surface area (Å²) in [6, 6.07) is 0. The Kier molecular flexibility index (Phi) is 8.46. The second-order valence-electron chi connectivity index (χ2n) is 6.44. The van der Waals surface area contributed by atoms with E-state index >= 15 is 0 Å². The highest BCUT2D eigenvalue weighted by Crippen LogP contribution is 2.14. The molecule has 0 aromatic rings. The van der Waals surface area contributed by atoms with Crippen LogP contribution in [0, 0.1) is 11.3 Å². The summed E-state index contributed by atoms with van der Waals surface area (Å²) in [5.41, 5.74) is 5.63. The molecule has 1 fully saturated rings. The van der Waals surface area contributed by atoms with Crippen molar-refractivity contribution in [3.8, 4) is 0 Å². The van der Waals surface area contributed by atoms with Crippen LogP contribution in [0.15, 0.2) is 4.99 Å². The van der Waals surface area contributed by atoms with Crippen molar-refractivity contribution < 1.29 is 4.79 Å². The summed E-state index contributed by atoms with van der Waals surface area (Å²) in [4.78, 5) is 18.1. The van der Waals surface area contributed by atoms with Crippen molar-refractivity contribution in [1.29, 1.82) is 0 Å². The summed E-state index contributed by atoms with van der Waals surface area (Å²) in [7, 11) is 0. The maximum atomic E-state index is 11.7. The maximum absolute atomic E-state index is 11.7. The molecule has 0 radical (unpaired) electrons. The number of hydrogen-bond acceptors (Lipinski definition) is 2. The van der Waals surface area contributed by atoms with Crippen LogP contribution in [0.5, 0.6) is 0 Å². The highest BCUT2D eigenvalue weighted by atomic mass is 127. The Labute approximate surface area is 139 Å². The highest BCUT2D eigenvalue weighted by molar-refractivity contribution is 14.0. The summed E-state index contributed by atoms with van der Waals surface area (Å²) in [5, 5.41) is 2.87. The van der Waals surface area contributed by atoms with Crippen LogP contribution in [0.3, 0.4) is 0 Å². The molecular formula is C14H29IN4O. The van der Waals surface area contributed by atoms with Gasteiger partial charge in [0.1, 0.15) is 0 Å². The zero-order valence-electron chi connectivity index (χ0n) is 13.1. The zero-order valence-corrected chi connectivity index (χ0v) is 15.4. The number of nitrogens with one attached hydrogen (secondary N) is 1.